The van der Waals surface area contributed by atoms with Gasteiger partial charge in [0.05, 0.1) is 0 Å². The summed E-state index contributed by atoms with van der Waals surface area (Å²) in [5.74, 6) is -4.58. The van der Waals surface area contributed by atoms with Crippen molar-refractivity contribution in [1.82, 2.24) is 21.3 Å². The molecule has 0 aliphatic heterocycles. The van der Waals surface area contributed by atoms with Gasteiger partial charge in [-0.25, -0.2) is 9.59 Å². The monoisotopic (exact) mass is 1210 g/mol. The standard InChI is InChI=1S/2C18H22N2O6S2.4Y/c1-3-25-17(23)13(9-27)19-15(21)11-6-5-7-12(8-11)16(22)20-14(10-28)18(24)26-4-2;1-3-25-17(23)13(27)9-19-15(21)11-6-5-7-12(8-11)16(22)20-10-14(28)18(24)26-4-2;;;;/h2*5-8,13-14,27-28H,1-4,9-10H2,(H,19,21)(H,20,22);;;;/q2*-2;;;;. The number of esters is 4. The Bertz CT molecular complexity index is 1580. The Morgan fingerprint density at radius 3 is 1.02 bits per heavy atom. The molecule has 0 fully saturated rings. The summed E-state index contributed by atoms with van der Waals surface area (Å²) in [6.07, 6.45) is 0. The predicted molar refractivity (Wildman–Crippen MR) is 219 cm³/mol. The van der Waals surface area contributed by atoms with Crippen molar-refractivity contribution in [2.75, 3.05) is 51.0 Å². The fourth-order valence-corrected chi connectivity index (χ4v) is 4.80. The number of carbonyl (C=O) groups is 8. The number of carbonyl (C=O) groups excluding carboxylic acids is 8. The molecule has 0 aromatic heterocycles. The minimum absolute atomic E-state index is 0. The molecular weight excluding hydrogens is 1160 g/mol. The second-order valence-electron chi connectivity index (χ2n) is 10.7. The first-order valence-electron chi connectivity index (χ1n) is 16.5. The van der Waals surface area contributed by atoms with Crippen LogP contribution in [-0.4, -0.2) is 121 Å². The van der Waals surface area contributed by atoms with E-state index in [2.05, 4.69) is 99.5 Å². The summed E-state index contributed by atoms with van der Waals surface area (Å²) in [7, 11) is 0. The molecular formula is C36H44N4O12S4Y4-4. The molecule has 0 bridgehead atoms. The van der Waals surface area contributed by atoms with Gasteiger partial charge >= 0.3 is 23.9 Å². The number of rotatable bonds is 20. The van der Waals surface area contributed by atoms with Gasteiger partial charge in [0.1, 0.15) is 22.6 Å². The van der Waals surface area contributed by atoms with Crippen molar-refractivity contribution in [2.45, 2.75) is 22.6 Å². The van der Waals surface area contributed by atoms with Gasteiger partial charge in [0.2, 0.25) is 0 Å². The summed E-state index contributed by atoms with van der Waals surface area (Å²) in [6.45, 7) is 13.3. The molecule has 0 saturated carbocycles. The SMILES string of the molecule is [CH2-]COC(=O)C(CS)NC(=O)c1cccc(C(=O)NC(CS)C(=O)OC[CH2-])c1.[CH2-]COC(=O)C(S)CNC(=O)c1cccc(C(=O)NCC(S)C(=O)OC[CH2-])c1.[Y].[Y].[Y].[Y]. The van der Waals surface area contributed by atoms with Gasteiger partial charge in [-0.1, -0.05) is 12.1 Å². The largest absolute Gasteiger partial charge is 0.498 e. The quantitative estimate of drug-likeness (QED) is 0.0403. The van der Waals surface area contributed by atoms with Crippen molar-refractivity contribution in [3.8, 4) is 0 Å². The second-order valence-corrected chi connectivity index (χ2v) is 12.7. The number of thiol groups is 4. The van der Waals surface area contributed by atoms with E-state index in [1.807, 2.05) is 0 Å². The normalized spacial score (nSPS) is 11.6. The van der Waals surface area contributed by atoms with Crippen molar-refractivity contribution >= 4 is 98.0 Å². The van der Waals surface area contributed by atoms with Crippen LogP contribution in [0.5, 0.6) is 0 Å². The van der Waals surface area contributed by atoms with E-state index in [9.17, 15) is 38.4 Å². The number of hydrogen-bond donors (Lipinski definition) is 8. The molecule has 0 spiro atoms. The van der Waals surface area contributed by atoms with Crippen LogP contribution in [0.4, 0.5) is 0 Å². The van der Waals surface area contributed by atoms with E-state index in [0.29, 0.717) is 0 Å². The van der Waals surface area contributed by atoms with Gasteiger partial charge in [-0.05, 0) is 62.8 Å². The third-order valence-electron chi connectivity index (χ3n) is 6.75. The average Bonchev–Trinajstić information content (AvgIpc) is 3.20. The third kappa shape index (κ3) is 25.5. The van der Waals surface area contributed by atoms with Crippen molar-refractivity contribution in [3.05, 3.63) is 98.5 Å². The summed E-state index contributed by atoms with van der Waals surface area (Å²) in [5.41, 5.74) is 0.726. The Hall–Kier alpha value is 0.0156. The third-order valence-corrected chi connectivity index (χ3v) is 8.27. The fourth-order valence-electron chi connectivity index (χ4n) is 3.99. The molecule has 320 valence electrons. The van der Waals surface area contributed by atoms with Crippen molar-refractivity contribution < 1.29 is 188 Å². The average molecular weight is 1210 g/mol. The number of amides is 4. The number of ether oxygens (including phenoxy) is 4. The van der Waals surface area contributed by atoms with Crippen LogP contribution in [0.1, 0.15) is 41.4 Å². The zero-order valence-electron chi connectivity index (χ0n) is 32.4. The van der Waals surface area contributed by atoms with Crippen LogP contribution >= 0.6 is 50.5 Å². The molecule has 0 saturated heterocycles. The molecule has 4 radical (unpaired) electrons. The summed E-state index contributed by atoms with van der Waals surface area (Å²) in [4.78, 5) is 95.6. The molecule has 2 aromatic rings. The first-order chi connectivity index (χ1) is 26.7. The molecule has 2 aromatic carbocycles. The molecule has 24 heteroatoms. The molecule has 4 unspecified atom stereocenters. The van der Waals surface area contributed by atoms with Crippen LogP contribution in [0.15, 0.2) is 48.5 Å². The zero-order chi connectivity index (χ0) is 42.2. The van der Waals surface area contributed by atoms with Crippen molar-refractivity contribution in [1.29, 1.82) is 0 Å². The second kappa shape index (κ2) is 38.3. The van der Waals surface area contributed by atoms with Gasteiger partial charge < -0.3 is 67.9 Å². The molecule has 4 atom stereocenters. The van der Waals surface area contributed by atoms with E-state index in [0.717, 1.165) is 0 Å². The maximum absolute atomic E-state index is 12.4. The van der Waals surface area contributed by atoms with Gasteiger partial charge in [0, 0.05) is 178 Å². The van der Waals surface area contributed by atoms with Gasteiger partial charge in [-0.15, -0.1) is 0 Å². The number of nitrogens with one attached hydrogen (secondary N) is 4. The van der Waals surface area contributed by atoms with Crippen molar-refractivity contribution in [2.24, 2.45) is 0 Å². The van der Waals surface area contributed by atoms with E-state index in [1.54, 1.807) is 0 Å². The minimum atomic E-state index is -0.957. The first-order valence-corrected chi connectivity index (χ1v) is 18.8. The molecule has 0 aliphatic carbocycles. The van der Waals surface area contributed by atoms with Gasteiger partial charge in [0.15, 0.2) is 0 Å². The van der Waals surface area contributed by atoms with Crippen LogP contribution in [-0.2, 0) is 169 Å². The summed E-state index contributed by atoms with van der Waals surface area (Å²) < 4.78 is 18.9. The fraction of sp³-hybridized carbons (Fsp3) is 0.333. The van der Waals surface area contributed by atoms with Gasteiger partial charge in [0.25, 0.3) is 23.6 Å². The van der Waals surface area contributed by atoms with E-state index in [-0.39, 0.29) is 204 Å². The Balaban J connectivity index is -0.000000490. The van der Waals surface area contributed by atoms with E-state index in [1.165, 1.54) is 48.5 Å². The van der Waals surface area contributed by atoms with Crippen LogP contribution in [0.2, 0.25) is 0 Å². The molecule has 60 heavy (non-hydrogen) atoms. The van der Waals surface area contributed by atoms with Crippen LogP contribution in [0, 0.1) is 27.7 Å². The predicted octanol–water partition coefficient (Wildman–Crippen LogP) is 0.985. The van der Waals surface area contributed by atoms with Crippen LogP contribution in [0.3, 0.4) is 0 Å². The molecule has 16 nitrogen and oxygen atoms in total. The smallest absolute Gasteiger partial charge is 0.326 e. The maximum Gasteiger partial charge on any atom is 0.326 e. The Morgan fingerprint density at radius 2 is 0.750 bits per heavy atom. The number of hydrogen-bond acceptors (Lipinski definition) is 16. The first kappa shape index (κ1) is 66.6. The van der Waals surface area contributed by atoms with E-state index in [4.69, 9.17) is 18.9 Å². The molecule has 0 aliphatic rings. The summed E-state index contributed by atoms with van der Waals surface area (Å²) >= 11 is 16.1. The molecule has 0 heterocycles. The topological polar surface area (TPSA) is 222 Å². The van der Waals surface area contributed by atoms with E-state index >= 15 is 0 Å². The molecule has 4 amide bonds. The van der Waals surface area contributed by atoms with E-state index < -0.39 is 70.1 Å². The van der Waals surface area contributed by atoms with Crippen LogP contribution in [0.25, 0.3) is 0 Å². The Morgan fingerprint density at radius 1 is 0.483 bits per heavy atom. The maximum atomic E-state index is 12.4. The number of benzene rings is 2. The van der Waals surface area contributed by atoms with Gasteiger partial charge in [-0.3, -0.25) is 28.8 Å². The summed E-state index contributed by atoms with van der Waals surface area (Å²) in [5, 5.41) is 8.37. The zero-order valence-corrected chi connectivity index (χ0v) is 47.3. The van der Waals surface area contributed by atoms with Crippen LogP contribution < -0.4 is 21.3 Å². The molecule has 4 N–H and O–H groups in total. The summed E-state index contributed by atoms with van der Waals surface area (Å²) in [6, 6.07) is 9.81. The van der Waals surface area contributed by atoms with Crippen molar-refractivity contribution in [3.63, 3.8) is 0 Å². The Labute approximate surface area is 472 Å². The van der Waals surface area contributed by atoms with Gasteiger partial charge in [-0.2, -0.15) is 50.5 Å². The Kier molecular flexibility index (Phi) is 42.5. The minimum Gasteiger partial charge on any atom is -0.498 e. The molecule has 2 rings (SSSR count).